The van der Waals surface area contributed by atoms with Gasteiger partial charge >= 0.3 is 6.03 Å². The van der Waals surface area contributed by atoms with Crippen molar-refractivity contribution in [3.05, 3.63) is 48.8 Å². The molecule has 0 fully saturated rings. The molecular formula is C19H22N6O5. The van der Waals surface area contributed by atoms with E-state index in [1.807, 2.05) is 0 Å². The number of carbonyl (C=O) groups excluding carboxylic acids is 1. The number of rotatable bonds is 9. The molecule has 3 aromatic rings. The van der Waals surface area contributed by atoms with E-state index in [0.29, 0.717) is 22.9 Å². The molecule has 3 N–H and O–H groups in total. The fourth-order valence-electron chi connectivity index (χ4n) is 2.56. The van der Waals surface area contributed by atoms with E-state index < -0.39 is 12.1 Å². The van der Waals surface area contributed by atoms with Crippen LogP contribution in [0.5, 0.6) is 17.2 Å². The predicted octanol–water partition coefficient (Wildman–Crippen LogP) is 1.24. The molecule has 3 rings (SSSR count). The van der Waals surface area contributed by atoms with Crippen LogP contribution in [0.1, 0.15) is 0 Å². The van der Waals surface area contributed by atoms with Crippen LogP contribution >= 0.6 is 0 Å². The van der Waals surface area contributed by atoms with E-state index >= 15 is 0 Å². The van der Waals surface area contributed by atoms with Crippen LogP contribution < -0.4 is 24.8 Å². The number of nitrogens with one attached hydrogen (secondary N) is 2. The minimum Gasteiger partial charge on any atom is -0.493 e. The van der Waals surface area contributed by atoms with Gasteiger partial charge in [-0.1, -0.05) is 6.07 Å². The molecule has 30 heavy (non-hydrogen) atoms. The lowest BCUT2D eigenvalue weighted by Crippen LogP contribution is -2.37. The van der Waals surface area contributed by atoms with Gasteiger partial charge in [0.2, 0.25) is 5.75 Å². The molecule has 0 radical (unpaired) electrons. The number of amides is 2. The van der Waals surface area contributed by atoms with Gasteiger partial charge in [0.15, 0.2) is 11.5 Å². The summed E-state index contributed by atoms with van der Waals surface area (Å²) >= 11 is 0. The third kappa shape index (κ3) is 5.35. The number of para-hydroxylation sites is 1. The number of aliphatic hydroxyl groups excluding tert-OH is 1. The van der Waals surface area contributed by atoms with Gasteiger partial charge in [0.25, 0.3) is 0 Å². The normalized spacial score (nSPS) is 11.4. The highest BCUT2D eigenvalue weighted by molar-refractivity contribution is 5.89. The number of methoxy groups -OCH3 is 2. The molecule has 0 saturated heterocycles. The number of urea groups is 1. The van der Waals surface area contributed by atoms with Crippen molar-refractivity contribution in [2.24, 2.45) is 0 Å². The van der Waals surface area contributed by atoms with Crippen LogP contribution in [0, 0.1) is 0 Å². The molecule has 0 spiro atoms. The maximum atomic E-state index is 12.1. The molecule has 0 aliphatic heterocycles. The van der Waals surface area contributed by atoms with Crippen LogP contribution in [0.15, 0.2) is 48.8 Å². The number of nitrogens with zero attached hydrogens (tertiary/aromatic N) is 4. The predicted molar refractivity (Wildman–Crippen MR) is 107 cm³/mol. The molecule has 0 aliphatic rings. The quantitative estimate of drug-likeness (QED) is 0.476. The average Bonchev–Trinajstić information content (AvgIpc) is 3.31. The first-order valence-corrected chi connectivity index (χ1v) is 9.01. The fourth-order valence-corrected chi connectivity index (χ4v) is 2.56. The first-order valence-electron chi connectivity index (χ1n) is 9.01. The summed E-state index contributed by atoms with van der Waals surface area (Å²) in [7, 11) is 3.03. The van der Waals surface area contributed by atoms with Crippen molar-refractivity contribution in [2.45, 2.75) is 6.10 Å². The third-order valence-corrected chi connectivity index (χ3v) is 4.04. The Morgan fingerprint density at radius 2 is 1.83 bits per heavy atom. The maximum Gasteiger partial charge on any atom is 0.319 e. The van der Waals surface area contributed by atoms with E-state index in [1.54, 1.807) is 42.5 Å². The summed E-state index contributed by atoms with van der Waals surface area (Å²) in [4.78, 5) is 12.1. The van der Waals surface area contributed by atoms with Crippen molar-refractivity contribution < 1.29 is 24.1 Å². The lowest BCUT2D eigenvalue weighted by Gasteiger charge is -2.17. The van der Waals surface area contributed by atoms with Gasteiger partial charge < -0.3 is 30.0 Å². The number of ether oxygens (including phenoxy) is 3. The summed E-state index contributed by atoms with van der Waals surface area (Å²) < 4.78 is 17.6. The Bertz CT molecular complexity index is 926. The van der Waals surface area contributed by atoms with Gasteiger partial charge in [0, 0.05) is 12.2 Å². The zero-order valence-corrected chi connectivity index (χ0v) is 16.5. The van der Waals surface area contributed by atoms with Gasteiger partial charge in [-0.05, 0) is 46.8 Å². The molecule has 2 aromatic carbocycles. The van der Waals surface area contributed by atoms with E-state index in [1.165, 1.54) is 25.2 Å². The van der Waals surface area contributed by atoms with Crippen molar-refractivity contribution in [3.63, 3.8) is 0 Å². The smallest absolute Gasteiger partial charge is 0.319 e. The fraction of sp³-hybridized carbons (Fsp3) is 0.263. The molecule has 2 amide bonds. The minimum absolute atomic E-state index is 0.00793. The number of aromatic nitrogens is 4. The number of hydrogen-bond acceptors (Lipinski definition) is 8. The van der Waals surface area contributed by atoms with Crippen LogP contribution in [-0.2, 0) is 0 Å². The molecule has 1 aromatic heterocycles. The highest BCUT2D eigenvalue weighted by Crippen LogP contribution is 2.36. The topological polar surface area (TPSA) is 133 Å². The summed E-state index contributed by atoms with van der Waals surface area (Å²) in [6.45, 7) is -0.0658. The zero-order valence-electron chi connectivity index (χ0n) is 16.5. The summed E-state index contributed by atoms with van der Waals surface area (Å²) in [6, 6.07) is 11.7. The highest BCUT2D eigenvalue weighted by Gasteiger charge is 2.14. The summed E-state index contributed by atoms with van der Waals surface area (Å²) in [6.07, 6.45) is 0.534. The maximum absolute atomic E-state index is 12.1. The lowest BCUT2D eigenvalue weighted by molar-refractivity contribution is 0.105. The molecular weight excluding hydrogens is 392 g/mol. The Morgan fingerprint density at radius 3 is 2.43 bits per heavy atom. The largest absolute Gasteiger partial charge is 0.493 e. The van der Waals surface area contributed by atoms with Crippen molar-refractivity contribution >= 4 is 11.7 Å². The Morgan fingerprint density at radius 1 is 1.13 bits per heavy atom. The molecule has 1 atom stereocenters. The number of tetrazole rings is 1. The first-order chi connectivity index (χ1) is 14.6. The number of anilines is 1. The standard InChI is InChI=1S/C19H22N6O5/c1-28-16-4-3-5-17(29-2)18(16)30-11-15(26)10-20-19(27)22-13-6-8-14(9-7-13)25-12-21-23-24-25/h3-9,12,15,26H,10-11H2,1-2H3,(H2,20,22,27). The second-order valence-corrected chi connectivity index (χ2v) is 6.09. The van der Waals surface area contributed by atoms with Crippen molar-refractivity contribution in [1.82, 2.24) is 25.5 Å². The molecule has 0 aliphatic carbocycles. The Kier molecular flexibility index (Phi) is 7.00. The third-order valence-electron chi connectivity index (χ3n) is 4.04. The molecule has 0 saturated carbocycles. The van der Waals surface area contributed by atoms with E-state index in [0.717, 1.165) is 5.69 Å². The second kappa shape index (κ2) is 10.1. The second-order valence-electron chi connectivity index (χ2n) is 6.09. The number of aliphatic hydroxyl groups is 1. The van der Waals surface area contributed by atoms with Gasteiger partial charge in [-0.2, -0.15) is 0 Å². The van der Waals surface area contributed by atoms with Gasteiger partial charge in [-0.15, -0.1) is 5.10 Å². The van der Waals surface area contributed by atoms with Gasteiger partial charge in [0.05, 0.1) is 19.9 Å². The monoisotopic (exact) mass is 414 g/mol. The number of benzene rings is 2. The molecule has 1 heterocycles. The molecule has 11 heteroatoms. The average molecular weight is 414 g/mol. The summed E-state index contributed by atoms with van der Waals surface area (Å²) in [5, 5.41) is 26.3. The van der Waals surface area contributed by atoms with E-state index in [9.17, 15) is 9.90 Å². The molecule has 0 bridgehead atoms. The van der Waals surface area contributed by atoms with Gasteiger partial charge in [-0.3, -0.25) is 0 Å². The van der Waals surface area contributed by atoms with E-state index in [2.05, 4.69) is 26.2 Å². The summed E-state index contributed by atoms with van der Waals surface area (Å²) in [5.41, 5.74) is 1.33. The van der Waals surface area contributed by atoms with Crippen LogP contribution in [0.2, 0.25) is 0 Å². The molecule has 11 nitrogen and oxygen atoms in total. The van der Waals surface area contributed by atoms with E-state index in [-0.39, 0.29) is 13.2 Å². The van der Waals surface area contributed by atoms with Gasteiger partial charge in [0.1, 0.15) is 19.0 Å². The van der Waals surface area contributed by atoms with Crippen molar-refractivity contribution in [3.8, 4) is 22.9 Å². The van der Waals surface area contributed by atoms with Crippen LogP contribution in [0.25, 0.3) is 5.69 Å². The SMILES string of the molecule is COc1cccc(OC)c1OCC(O)CNC(=O)Nc1ccc(-n2cnnn2)cc1. The number of carbonyl (C=O) groups is 1. The minimum atomic E-state index is -0.937. The lowest BCUT2D eigenvalue weighted by atomic mass is 10.3. The Labute approximate surface area is 172 Å². The van der Waals surface area contributed by atoms with Crippen LogP contribution in [-0.4, -0.2) is 64.8 Å². The number of hydrogen-bond donors (Lipinski definition) is 3. The van der Waals surface area contributed by atoms with Gasteiger partial charge in [-0.25, -0.2) is 9.48 Å². The molecule has 1 unspecified atom stereocenters. The first kappa shape index (κ1) is 20.9. The van der Waals surface area contributed by atoms with E-state index in [4.69, 9.17) is 14.2 Å². The Hall–Kier alpha value is -3.86. The molecule has 158 valence electrons. The van der Waals surface area contributed by atoms with Crippen molar-refractivity contribution in [2.75, 3.05) is 32.7 Å². The van der Waals surface area contributed by atoms with Crippen LogP contribution in [0.3, 0.4) is 0 Å². The van der Waals surface area contributed by atoms with Crippen LogP contribution in [0.4, 0.5) is 10.5 Å². The van der Waals surface area contributed by atoms with Crippen molar-refractivity contribution in [1.29, 1.82) is 0 Å². The highest BCUT2D eigenvalue weighted by atomic mass is 16.5. The zero-order chi connectivity index (χ0) is 21.3. The summed E-state index contributed by atoms with van der Waals surface area (Å²) in [5.74, 6) is 1.35. The Balaban J connectivity index is 1.46.